The molecule has 8 nitrogen and oxygen atoms in total. The van der Waals surface area contributed by atoms with E-state index in [1.165, 1.54) is 6.20 Å². The van der Waals surface area contributed by atoms with Crippen LogP contribution in [0.4, 0.5) is 0 Å². The number of rotatable bonds is 13. The van der Waals surface area contributed by atoms with Crippen LogP contribution in [-0.2, 0) is 24.6 Å². The number of aromatic nitrogens is 1. The normalized spacial score (nSPS) is 10.6. The Morgan fingerprint density at radius 3 is 2.41 bits per heavy atom. The first kappa shape index (κ1) is 32.3. The van der Waals surface area contributed by atoms with E-state index in [1.807, 2.05) is 43.3 Å². The predicted octanol–water partition coefficient (Wildman–Crippen LogP) is 6.53. The van der Waals surface area contributed by atoms with E-state index in [9.17, 15) is 15.2 Å². The summed E-state index contributed by atoms with van der Waals surface area (Å²) in [6.07, 6.45) is 8.53. The van der Waals surface area contributed by atoms with Gasteiger partial charge >= 0.3 is 5.97 Å². The Hall–Kier alpha value is -4.58. The van der Waals surface area contributed by atoms with Gasteiger partial charge in [-0.15, -0.1) is 6.42 Å². The molecule has 0 aliphatic heterocycles. The van der Waals surface area contributed by atoms with Gasteiger partial charge in [0.1, 0.15) is 43.1 Å². The van der Waals surface area contributed by atoms with Crippen LogP contribution in [0.5, 0.6) is 17.2 Å². The Labute approximate surface area is 271 Å². The van der Waals surface area contributed by atoms with Gasteiger partial charge in [-0.25, -0.2) is 0 Å². The molecule has 224 valence electrons. The average Bonchev–Trinajstić information content (AvgIpc) is 3.00. The molecule has 1 aromatic heterocycles. The van der Waals surface area contributed by atoms with E-state index in [-0.39, 0.29) is 19.8 Å². The molecule has 0 atom stereocenters. The van der Waals surface area contributed by atoms with Gasteiger partial charge in [-0.1, -0.05) is 36.3 Å². The lowest BCUT2D eigenvalue weighted by atomic mass is 9.93. The number of likely N-dealkylation sites (N-methyl/N-ethyl adjacent to an activating group) is 1. The van der Waals surface area contributed by atoms with E-state index in [2.05, 4.69) is 58.6 Å². The first-order valence-corrected chi connectivity index (χ1v) is 14.8. The van der Waals surface area contributed by atoms with E-state index in [0.717, 1.165) is 48.3 Å². The Balaban J connectivity index is 1.60. The molecular formula is C35H32IN3O5. The van der Waals surface area contributed by atoms with Crippen molar-refractivity contribution in [2.75, 3.05) is 20.2 Å². The Morgan fingerprint density at radius 1 is 0.955 bits per heavy atom. The number of hydrogen-bond donors (Lipinski definition) is 1. The van der Waals surface area contributed by atoms with Crippen molar-refractivity contribution in [1.82, 2.24) is 9.88 Å². The number of halogens is 1. The summed E-state index contributed by atoms with van der Waals surface area (Å²) in [4.78, 5) is 17.1. The van der Waals surface area contributed by atoms with Gasteiger partial charge in [-0.2, -0.15) is 5.26 Å². The standard InChI is InChI=1S/C35H32IN3O5/c1-5-12-42-32-11-7-10-30(24(32)3)29-9-6-8-27(23(29)2)22-44-34-15-33(43-21-26-13-25(16-37)17-38-18-26)28(14-31(34)36)19-39(4)20-35(40)41/h1,6-11,13-15,17-18H,12,19-22H2,2-4H3,(H,40,41). The van der Waals surface area contributed by atoms with Gasteiger partial charge in [-0.3, -0.25) is 14.7 Å². The number of carboxylic acid groups (broad SMARTS) is 1. The molecule has 0 aliphatic carbocycles. The lowest BCUT2D eigenvalue weighted by Gasteiger charge is -2.20. The fourth-order valence-electron chi connectivity index (χ4n) is 4.78. The zero-order valence-corrected chi connectivity index (χ0v) is 26.9. The summed E-state index contributed by atoms with van der Waals surface area (Å²) in [6, 6.07) is 19.7. The van der Waals surface area contributed by atoms with Crippen molar-refractivity contribution >= 4 is 28.6 Å². The second kappa shape index (κ2) is 15.2. The number of carbonyl (C=O) groups is 1. The Morgan fingerprint density at radius 2 is 1.68 bits per heavy atom. The number of nitrogens with zero attached hydrogens (tertiary/aromatic N) is 3. The molecule has 0 fully saturated rings. The summed E-state index contributed by atoms with van der Waals surface area (Å²) in [5.74, 6) is 3.56. The highest BCUT2D eigenvalue weighted by molar-refractivity contribution is 14.1. The molecule has 9 heteroatoms. The van der Waals surface area contributed by atoms with Gasteiger partial charge in [0.15, 0.2) is 0 Å². The third-order valence-corrected chi connectivity index (χ3v) is 7.84. The van der Waals surface area contributed by atoms with Crippen LogP contribution in [0, 0.1) is 41.1 Å². The number of carboxylic acids is 1. The number of aliphatic carboxylic acids is 1. The van der Waals surface area contributed by atoms with E-state index in [1.54, 1.807) is 24.2 Å². The second-order valence-corrected chi connectivity index (χ2v) is 11.4. The minimum atomic E-state index is -0.913. The first-order valence-electron chi connectivity index (χ1n) is 13.8. The van der Waals surface area contributed by atoms with Gasteiger partial charge in [-0.05, 0) is 89.5 Å². The van der Waals surface area contributed by atoms with E-state index in [4.69, 9.17) is 20.6 Å². The molecule has 4 rings (SSSR count). The van der Waals surface area contributed by atoms with Gasteiger partial charge in [0, 0.05) is 36.1 Å². The van der Waals surface area contributed by atoms with Crippen LogP contribution < -0.4 is 14.2 Å². The Kier molecular flexibility index (Phi) is 11.2. The van der Waals surface area contributed by atoms with Crippen LogP contribution in [0.25, 0.3) is 11.1 Å². The molecule has 4 aromatic rings. The zero-order chi connectivity index (χ0) is 31.6. The lowest BCUT2D eigenvalue weighted by Crippen LogP contribution is -2.25. The van der Waals surface area contributed by atoms with Crippen LogP contribution in [0.1, 0.15) is 33.4 Å². The summed E-state index contributed by atoms with van der Waals surface area (Å²) in [6.45, 7) is 5.06. The molecule has 0 bridgehead atoms. The van der Waals surface area contributed by atoms with E-state index < -0.39 is 5.97 Å². The van der Waals surface area contributed by atoms with Crippen LogP contribution in [0.3, 0.4) is 0 Å². The highest BCUT2D eigenvalue weighted by atomic mass is 127. The maximum Gasteiger partial charge on any atom is 0.317 e. The maximum absolute atomic E-state index is 11.3. The van der Waals surface area contributed by atoms with Crippen LogP contribution >= 0.6 is 22.6 Å². The molecule has 0 saturated carbocycles. The lowest BCUT2D eigenvalue weighted by molar-refractivity contribution is -0.138. The highest BCUT2D eigenvalue weighted by Crippen LogP contribution is 2.35. The molecule has 3 aromatic carbocycles. The fraction of sp³-hybridized carbons (Fsp3) is 0.229. The van der Waals surface area contributed by atoms with Crippen LogP contribution in [0.2, 0.25) is 0 Å². The van der Waals surface area contributed by atoms with Crippen molar-refractivity contribution in [2.45, 2.75) is 33.6 Å². The smallest absolute Gasteiger partial charge is 0.317 e. The third kappa shape index (κ3) is 8.28. The van der Waals surface area contributed by atoms with Crippen LogP contribution in [-0.4, -0.2) is 41.2 Å². The number of benzene rings is 3. The summed E-state index contributed by atoms with van der Waals surface area (Å²) >= 11 is 2.22. The van der Waals surface area contributed by atoms with Crippen molar-refractivity contribution < 1.29 is 24.1 Å². The highest BCUT2D eigenvalue weighted by Gasteiger charge is 2.16. The van der Waals surface area contributed by atoms with Gasteiger partial charge < -0.3 is 19.3 Å². The molecular weight excluding hydrogens is 669 g/mol. The second-order valence-electron chi connectivity index (χ2n) is 10.2. The van der Waals surface area contributed by atoms with Crippen molar-refractivity contribution in [2.24, 2.45) is 0 Å². The zero-order valence-electron chi connectivity index (χ0n) is 24.8. The van der Waals surface area contributed by atoms with Gasteiger partial charge in [0.25, 0.3) is 0 Å². The third-order valence-electron chi connectivity index (χ3n) is 6.99. The Bertz CT molecular complexity index is 1740. The topological polar surface area (TPSA) is 105 Å². The summed E-state index contributed by atoms with van der Waals surface area (Å²) in [7, 11) is 1.74. The summed E-state index contributed by atoms with van der Waals surface area (Å²) in [5, 5.41) is 18.5. The molecule has 0 spiro atoms. The SMILES string of the molecule is C#CCOc1cccc(-c2cccc(COc3cc(OCc4cncc(C#N)c4)c(CN(C)CC(=O)O)cc3I)c2C)c1C. The number of terminal acetylenes is 1. The van der Waals surface area contributed by atoms with Gasteiger partial charge in [0.05, 0.1) is 15.7 Å². The maximum atomic E-state index is 11.3. The van der Waals surface area contributed by atoms with E-state index >= 15 is 0 Å². The number of pyridine rings is 1. The van der Waals surface area contributed by atoms with Crippen molar-refractivity contribution in [3.05, 3.63) is 104 Å². The first-order chi connectivity index (χ1) is 21.2. The van der Waals surface area contributed by atoms with Gasteiger partial charge in [0.2, 0.25) is 0 Å². The van der Waals surface area contributed by atoms with Crippen molar-refractivity contribution in [3.63, 3.8) is 0 Å². The fourth-order valence-corrected chi connectivity index (χ4v) is 5.47. The molecule has 1 N–H and O–H groups in total. The number of hydrogen-bond acceptors (Lipinski definition) is 7. The molecule has 0 amide bonds. The summed E-state index contributed by atoms with van der Waals surface area (Å²) in [5.41, 5.74) is 7.28. The molecule has 44 heavy (non-hydrogen) atoms. The predicted molar refractivity (Wildman–Crippen MR) is 176 cm³/mol. The quantitative estimate of drug-likeness (QED) is 0.124. The summed E-state index contributed by atoms with van der Waals surface area (Å²) < 4.78 is 19.2. The van der Waals surface area contributed by atoms with Crippen molar-refractivity contribution in [3.8, 4) is 46.8 Å². The minimum Gasteiger partial charge on any atom is -0.488 e. The van der Waals surface area contributed by atoms with Crippen LogP contribution in [0.15, 0.2) is 67.0 Å². The monoisotopic (exact) mass is 701 g/mol. The van der Waals surface area contributed by atoms with Crippen molar-refractivity contribution in [1.29, 1.82) is 5.26 Å². The number of ether oxygens (including phenoxy) is 3. The molecule has 1 heterocycles. The van der Waals surface area contributed by atoms with E-state index in [0.29, 0.717) is 30.2 Å². The average molecular weight is 702 g/mol. The largest absolute Gasteiger partial charge is 0.488 e. The molecule has 0 radical (unpaired) electrons. The molecule has 0 saturated heterocycles. The molecule has 0 aliphatic rings. The number of nitriles is 1. The molecule has 0 unspecified atom stereocenters. The minimum absolute atomic E-state index is 0.115.